The van der Waals surface area contributed by atoms with E-state index < -0.39 is 0 Å². The summed E-state index contributed by atoms with van der Waals surface area (Å²) >= 11 is 0. The van der Waals surface area contributed by atoms with Crippen LogP contribution >= 0.6 is 0 Å². The van der Waals surface area contributed by atoms with Gasteiger partial charge in [-0.1, -0.05) is 12.1 Å². The molecule has 2 aliphatic rings. The van der Waals surface area contributed by atoms with Crippen LogP contribution in [-0.2, 0) is 7.05 Å². The zero-order valence-electron chi connectivity index (χ0n) is 16.0. The van der Waals surface area contributed by atoms with Gasteiger partial charge in [0, 0.05) is 35.1 Å². The summed E-state index contributed by atoms with van der Waals surface area (Å²) in [6.07, 6.45) is 3.80. The highest BCUT2D eigenvalue weighted by molar-refractivity contribution is 5.94. The van der Waals surface area contributed by atoms with Crippen molar-refractivity contribution in [3.63, 3.8) is 0 Å². The largest absolute Gasteiger partial charge is 0.349 e. The van der Waals surface area contributed by atoms with Crippen molar-refractivity contribution < 1.29 is 4.79 Å². The van der Waals surface area contributed by atoms with Gasteiger partial charge in [-0.05, 0) is 43.0 Å². The predicted octanol–water partition coefficient (Wildman–Crippen LogP) is 1.51. The van der Waals surface area contributed by atoms with Gasteiger partial charge >= 0.3 is 0 Å². The Hall–Kier alpha value is -3.36. The summed E-state index contributed by atoms with van der Waals surface area (Å²) < 4.78 is 0. The number of rotatable bonds is 5. The average molecular weight is 391 g/mol. The van der Waals surface area contributed by atoms with Gasteiger partial charge in [0.05, 0.1) is 12.7 Å². The van der Waals surface area contributed by atoms with Crippen LogP contribution in [0.1, 0.15) is 59.4 Å². The van der Waals surface area contributed by atoms with Crippen LogP contribution in [0.15, 0.2) is 35.1 Å². The monoisotopic (exact) mass is 391 g/mol. The second kappa shape index (κ2) is 6.91. The normalized spacial score (nSPS) is 20.9. The van der Waals surface area contributed by atoms with Gasteiger partial charge in [0.2, 0.25) is 5.82 Å². The third-order valence-electron chi connectivity index (χ3n) is 5.55. The molecule has 0 atom stereocenters. The van der Waals surface area contributed by atoms with Gasteiger partial charge in [-0.3, -0.25) is 9.59 Å². The molecule has 0 bridgehead atoms. The second-order valence-corrected chi connectivity index (χ2v) is 7.85. The molecule has 2 aromatic heterocycles. The smallest absolute Gasteiger partial charge is 0.251 e. The fraction of sp³-hybridized carbons (Fsp3) is 0.400. The SMILES string of the molecule is Cn1nnc(-c2ccc(C(=O)NC3CC(c4cc(=O)[nH]c(C5CC5)n4)C3)cc2)n1. The molecule has 0 aliphatic heterocycles. The van der Waals surface area contributed by atoms with Gasteiger partial charge in [0.15, 0.2) is 0 Å². The summed E-state index contributed by atoms with van der Waals surface area (Å²) in [7, 11) is 1.71. The summed E-state index contributed by atoms with van der Waals surface area (Å²) in [4.78, 5) is 33.3. The molecule has 0 spiro atoms. The number of amides is 1. The van der Waals surface area contributed by atoms with Crippen LogP contribution in [0.5, 0.6) is 0 Å². The standard InChI is InChI=1S/C20H21N7O2/c1-27-25-19(24-26-27)12-4-6-13(7-5-12)20(29)21-15-8-14(9-15)16-10-17(28)23-18(22-16)11-2-3-11/h4-7,10-11,14-15H,2-3,8-9H2,1H3,(H,21,29)(H,22,23,28). The topological polar surface area (TPSA) is 118 Å². The number of aromatic amines is 1. The highest BCUT2D eigenvalue weighted by atomic mass is 16.1. The van der Waals surface area contributed by atoms with E-state index in [0.717, 1.165) is 42.8 Å². The lowest BCUT2D eigenvalue weighted by Gasteiger charge is -2.35. The molecule has 2 N–H and O–H groups in total. The van der Waals surface area contributed by atoms with Gasteiger partial charge < -0.3 is 10.3 Å². The van der Waals surface area contributed by atoms with Gasteiger partial charge in [-0.2, -0.15) is 4.80 Å². The first-order valence-electron chi connectivity index (χ1n) is 9.81. The lowest BCUT2D eigenvalue weighted by molar-refractivity contribution is 0.0908. The number of aryl methyl sites for hydroxylation is 1. The zero-order chi connectivity index (χ0) is 20.0. The molecule has 2 aliphatic carbocycles. The maximum atomic E-state index is 12.5. The summed E-state index contributed by atoms with van der Waals surface area (Å²) in [5, 5.41) is 15.0. The van der Waals surface area contributed by atoms with Crippen molar-refractivity contribution in [3.05, 3.63) is 57.8 Å². The maximum absolute atomic E-state index is 12.5. The van der Waals surface area contributed by atoms with E-state index in [2.05, 4.69) is 30.7 Å². The van der Waals surface area contributed by atoms with Crippen molar-refractivity contribution in [3.8, 4) is 11.4 Å². The molecular weight excluding hydrogens is 370 g/mol. The highest BCUT2D eigenvalue weighted by Gasteiger charge is 2.34. The van der Waals surface area contributed by atoms with E-state index in [-0.39, 0.29) is 23.4 Å². The molecule has 0 saturated heterocycles. The Kier molecular flexibility index (Phi) is 4.22. The van der Waals surface area contributed by atoms with Crippen LogP contribution in [0.25, 0.3) is 11.4 Å². The van der Waals surface area contributed by atoms with Crippen molar-refractivity contribution in [2.75, 3.05) is 0 Å². The number of nitrogens with one attached hydrogen (secondary N) is 2. The van der Waals surface area contributed by atoms with E-state index in [0.29, 0.717) is 17.3 Å². The Morgan fingerprint density at radius 1 is 1.17 bits per heavy atom. The first kappa shape index (κ1) is 17.7. The van der Waals surface area contributed by atoms with E-state index in [1.165, 1.54) is 4.80 Å². The predicted molar refractivity (Wildman–Crippen MR) is 104 cm³/mol. The van der Waals surface area contributed by atoms with Crippen LogP contribution in [-0.4, -0.2) is 42.1 Å². The number of tetrazole rings is 1. The van der Waals surface area contributed by atoms with Crippen LogP contribution < -0.4 is 10.9 Å². The van der Waals surface area contributed by atoms with Crippen LogP contribution in [0.2, 0.25) is 0 Å². The third kappa shape index (κ3) is 3.67. The molecule has 1 aromatic carbocycles. The van der Waals surface area contributed by atoms with Crippen LogP contribution in [0.3, 0.4) is 0 Å². The maximum Gasteiger partial charge on any atom is 0.251 e. The summed E-state index contributed by atoms with van der Waals surface area (Å²) in [5.41, 5.74) is 2.17. The number of hydrogen-bond acceptors (Lipinski definition) is 6. The summed E-state index contributed by atoms with van der Waals surface area (Å²) in [5.74, 6) is 1.88. The first-order chi connectivity index (χ1) is 14.0. The molecule has 2 saturated carbocycles. The molecule has 0 radical (unpaired) electrons. The van der Waals surface area contributed by atoms with Crippen molar-refractivity contribution in [2.45, 2.75) is 43.6 Å². The van der Waals surface area contributed by atoms with Crippen LogP contribution in [0.4, 0.5) is 0 Å². The Labute approximate surface area is 166 Å². The Morgan fingerprint density at radius 3 is 2.59 bits per heavy atom. The minimum absolute atomic E-state index is 0.0814. The van der Waals surface area contributed by atoms with Gasteiger partial charge in [0.1, 0.15) is 5.82 Å². The number of aromatic nitrogens is 6. The number of H-pyrrole nitrogens is 1. The number of nitrogens with zero attached hydrogens (tertiary/aromatic N) is 5. The van der Waals surface area contributed by atoms with Crippen molar-refractivity contribution in [1.82, 2.24) is 35.5 Å². The van der Waals surface area contributed by atoms with Crippen molar-refractivity contribution in [2.24, 2.45) is 7.05 Å². The molecule has 148 valence electrons. The fourth-order valence-corrected chi connectivity index (χ4v) is 3.67. The lowest BCUT2D eigenvalue weighted by atomic mass is 9.78. The van der Waals surface area contributed by atoms with Gasteiger partial charge in [0.25, 0.3) is 11.5 Å². The number of benzene rings is 1. The summed E-state index contributed by atoms with van der Waals surface area (Å²) in [6, 6.07) is 8.84. The van der Waals surface area contributed by atoms with Crippen molar-refractivity contribution in [1.29, 1.82) is 0 Å². The average Bonchev–Trinajstić information content (AvgIpc) is 3.45. The molecule has 29 heavy (non-hydrogen) atoms. The minimum Gasteiger partial charge on any atom is -0.349 e. The molecule has 9 nitrogen and oxygen atoms in total. The number of carbonyl (C=O) groups excluding carboxylic acids is 1. The van der Waals surface area contributed by atoms with E-state index in [9.17, 15) is 9.59 Å². The lowest BCUT2D eigenvalue weighted by Crippen LogP contribution is -2.43. The Bertz CT molecular complexity index is 1110. The summed E-state index contributed by atoms with van der Waals surface area (Å²) in [6.45, 7) is 0. The molecule has 2 heterocycles. The third-order valence-corrected chi connectivity index (χ3v) is 5.55. The molecule has 5 rings (SSSR count). The van der Waals surface area contributed by atoms with E-state index in [1.807, 2.05) is 12.1 Å². The van der Waals surface area contributed by atoms with Gasteiger partial charge in [-0.25, -0.2) is 4.98 Å². The molecule has 3 aromatic rings. The first-order valence-corrected chi connectivity index (χ1v) is 9.81. The Balaban J connectivity index is 1.19. The van der Waals surface area contributed by atoms with Crippen molar-refractivity contribution >= 4 is 5.91 Å². The zero-order valence-corrected chi connectivity index (χ0v) is 16.0. The Morgan fingerprint density at radius 2 is 1.93 bits per heavy atom. The van der Waals surface area contributed by atoms with E-state index in [1.54, 1.807) is 25.2 Å². The van der Waals surface area contributed by atoms with E-state index in [4.69, 9.17) is 0 Å². The number of hydrogen-bond donors (Lipinski definition) is 2. The molecule has 1 amide bonds. The highest BCUT2D eigenvalue weighted by Crippen LogP contribution is 2.40. The molecule has 9 heteroatoms. The molecule has 0 unspecified atom stereocenters. The second-order valence-electron chi connectivity index (χ2n) is 7.85. The molecular formula is C20H21N7O2. The van der Waals surface area contributed by atoms with E-state index >= 15 is 0 Å². The minimum atomic E-state index is -0.107. The quantitative estimate of drug-likeness (QED) is 0.681. The fourth-order valence-electron chi connectivity index (χ4n) is 3.67. The van der Waals surface area contributed by atoms with Crippen LogP contribution in [0, 0.1) is 0 Å². The molecule has 2 fully saturated rings. The van der Waals surface area contributed by atoms with Gasteiger partial charge in [-0.15, -0.1) is 10.2 Å². The number of carbonyl (C=O) groups is 1.